The van der Waals surface area contributed by atoms with Crippen molar-refractivity contribution in [3.05, 3.63) is 0 Å². The Morgan fingerprint density at radius 3 is 2.53 bits per heavy atom. The fourth-order valence-corrected chi connectivity index (χ4v) is 1.72. The van der Waals surface area contributed by atoms with Crippen LogP contribution in [-0.4, -0.2) is 50.7 Å². The van der Waals surface area contributed by atoms with Gasteiger partial charge in [-0.2, -0.15) is 0 Å². The van der Waals surface area contributed by atoms with E-state index in [-0.39, 0.29) is 0 Å². The summed E-state index contributed by atoms with van der Waals surface area (Å²) in [4.78, 5) is 2.53. The van der Waals surface area contributed by atoms with Crippen LogP contribution in [0.15, 0.2) is 0 Å². The second-order valence-electron chi connectivity index (χ2n) is 5.29. The molecule has 2 N–H and O–H groups in total. The van der Waals surface area contributed by atoms with Crippen molar-refractivity contribution in [2.45, 2.75) is 27.2 Å². The summed E-state index contributed by atoms with van der Waals surface area (Å²) in [6.07, 6.45) is 1.24. The predicted molar refractivity (Wildman–Crippen MR) is 66.3 cm³/mol. The summed E-state index contributed by atoms with van der Waals surface area (Å²) < 4.78 is 0. The van der Waals surface area contributed by atoms with E-state index in [1.165, 1.54) is 26.1 Å². The first-order valence-corrected chi connectivity index (χ1v) is 6.28. The van der Waals surface area contributed by atoms with Gasteiger partial charge in [-0.25, -0.2) is 0 Å². The minimum absolute atomic E-state index is 0.448. The molecule has 1 aliphatic heterocycles. The molecule has 1 fully saturated rings. The van der Waals surface area contributed by atoms with Gasteiger partial charge in [0.15, 0.2) is 0 Å². The Hall–Kier alpha value is -0.120. The van der Waals surface area contributed by atoms with Crippen molar-refractivity contribution >= 4 is 0 Å². The van der Waals surface area contributed by atoms with Crippen LogP contribution in [0.2, 0.25) is 0 Å². The Morgan fingerprint density at radius 2 is 1.93 bits per heavy atom. The van der Waals surface area contributed by atoms with Gasteiger partial charge in [0.1, 0.15) is 0 Å². The van der Waals surface area contributed by atoms with Gasteiger partial charge in [-0.1, -0.05) is 20.8 Å². The fourth-order valence-electron chi connectivity index (χ4n) is 1.72. The third kappa shape index (κ3) is 5.50. The molecule has 0 saturated carbocycles. The Kier molecular flexibility index (Phi) is 5.58. The minimum atomic E-state index is 0.448. The number of hydrogen-bond acceptors (Lipinski definition) is 3. The monoisotopic (exact) mass is 213 g/mol. The van der Waals surface area contributed by atoms with Crippen LogP contribution in [-0.2, 0) is 0 Å². The van der Waals surface area contributed by atoms with E-state index < -0.39 is 0 Å². The highest BCUT2D eigenvalue weighted by molar-refractivity contribution is 4.71. The molecule has 0 radical (unpaired) electrons. The molecule has 1 aliphatic rings. The summed E-state index contributed by atoms with van der Waals surface area (Å²) in [5.74, 6) is 0. The first-order valence-electron chi connectivity index (χ1n) is 6.28. The molecule has 0 aromatic heterocycles. The smallest absolute Gasteiger partial charge is 0.0108 e. The highest BCUT2D eigenvalue weighted by Crippen LogP contribution is 2.17. The molecule has 0 atom stereocenters. The lowest BCUT2D eigenvalue weighted by Crippen LogP contribution is -2.46. The van der Waals surface area contributed by atoms with Gasteiger partial charge in [-0.3, -0.25) is 4.90 Å². The molecular weight excluding hydrogens is 186 g/mol. The van der Waals surface area contributed by atoms with Gasteiger partial charge in [0.05, 0.1) is 0 Å². The molecule has 0 bridgehead atoms. The van der Waals surface area contributed by atoms with E-state index in [0.29, 0.717) is 5.41 Å². The maximum atomic E-state index is 3.56. The summed E-state index contributed by atoms with van der Waals surface area (Å²) in [5.41, 5.74) is 0.448. The number of nitrogens with one attached hydrogen (secondary N) is 2. The summed E-state index contributed by atoms with van der Waals surface area (Å²) in [6, 6.07) is 0. The van der Waals surface area contributed by atoms with Gasteiger partial charge in [-0.05, 0) is 11.8 Å². The molecule has 1 heterocycles. The molecule has 0 unspecified atom stereocenters. The molecule has 0 aliphatic carbocycles. The maximum absolute atomic E-state index is 3.56. The molecule has 0 amide bonds. The molecule has 0 spiro atoms. The van der Waals surface area contributed by atoms with E-state index in [1.807, 2.05) is 0 Å². The first kappa shape index (κ1) is 12.9. The average molecular weight is 213 g/mol. The average Bonchev–Trinajstić information content (AvgIpc) is 2.26. The van der Waals surface area contributed by atoms with Crippen LogP contribution in [0.1, 0.15) is 27.2 Å². The normalized spacial score (nSPS) is 19.4. The van der Waals surface area contributed by atoms with E-state index in [1.54, 1.807) is 0 Å². The van der Waals surface area contributed by atoms with Crippen LogP contribution in [0.4, 0.5) is 0 Å². The van der Waals surface area contributed by atoms with Crippen molar-refractivity contribution in [2.75, 3.05) is 45.8 Å². The zero-order valence-corrected chi connectivity index (χ0v) is 10.6. The highest BCUT2D eigenvalue weighted by Gasteiger charge is 2.14. The number of piperazine rings is 1. The molecular formula is C12H27N3. The topological polar surface area (TPSA) is 27.3 Å². The van der Waals surface area contributed by atoms with Crippen LogP contribution in [0.3, 0.4) is 0 Å². The van der Waals surface area contributed by atoms with Crippen LogP contribution in [0, 0.1) is 5.41 Å². The lowest BCUT2D eigenvalue weighted by Gasteiger charge is -2.28. The third-order valence-electron chi connectivity index (χ3n) is 3.38. The van der Waals surface area contributed by atoms with E-state index >= 15 is 0 Å². The van der Waals surface area contributed by atoms with Gasteiger partial charge < -0.3 is 10.6 Å². The SMILES string of the molecule is CCC(C)(C)CNCCN1CCNCC1. The quantitative estimate of drug-likeness (QED) is 0.643. The molecule has 0 aromatic rings. The Bertz CT molecular complexity index is 162. The van der Waals surface area contributed by atoms with Crippen LogP contribution < -0.4 is 10.6 Å². The van der Waals surface area contributed by atoms with E-state index in [2.05, 4.69) is 36.3 Å². The molecule has 1 rings (SSSR count). The number of rotatable bonds is 6. The molecule has 0 aromatic carbocycles. The highest BCUT2D eigenvalue weighted by atomic mass is 15.2. The lowest BCUT2D eigenvalue weighted by atomic mass is 9.90. The largest absolute Gasteiger partial charge is 0.315 e. The van der Waals surface area contributed by atoms with Crippen LogP contribution in [0.25, 0.3) is 0 Å². The summed E-state index contributed by atoms with van der Waals surface area (Å²) in [6.45, 7) is 15.1. The Morgan fingerprint density at radius 1 is 1.27 bits per heavy atom. The van der Waals surface area contributed by atoms with Crippen molar-refractivity contribution in [1.29, 1.82) is 0 Å². The molecule has 15 heavy (non-hydrogen) atoms. The minimum Gasteiger partial charge on any atom is -0.315 e. The maximum Gasteiger partial charge on any atom is 0.0108 e. The number of nitrogens with zero attached hydrogens (tertiary/aromatic N) is 1. The lowest BCUT2D eigenvalue weighted by molar-refractivity contribution is 0.234. The molecule has 3 nitrogen and oxygen atoms in total. The second-order valence-corrected chi connectivity index (χ2v) is 5.29. The van der Waals surface area contributed by atoms with E-state index in [9.17, 15) is 0 Å². The van der Waals surface area contributed by atoms with Crippen LogP contribution in [0.5, 0.6) is 0 Å². The summed E-state index contributed by atoms with van der Waals surface area (Å²) >= 11 is 0. The zero-order valence-electron chi connectivity index (χ0n) is 10.6. The zero-order chi connectivity index (χ0) is 11.1. The Balaban J connectivity index is 2.00. The standard InChI is InChI=1S/C12H27N3/c1-4-12(2,3)11-14-7-10-15-8-5-13-6-9-15/h13-14H,4-11H2,1-3H3. The number of hydrogen-bond donors (Lipinski definition) is 2. The Labute approximate surface area is 94.6 Å². The molecule has 1 saturated heterocycles. The molecule has 90 valence electrons. The summed E-state index contributed by atoms with van der Waals surface area (Å²) in [5, 5.41) is 6.94. The van der Waals surface area contributed by atoms with Gasteiger partial charge in [0, 0.05) is 45.8 Å². The van der Waals surface area contributed by atoms with Crippen molar-refractivity contribution in [3.63, 3.8) is 0 Å². The molecule has 3 heteroatoms. The van der Waals surface area contributed by atoms with Crippen molar-refractivity contribution in [3.8, 4) is 0 Å². The summed E-state index contributed by atoms with van der Waals surface area (Å²) in [7, 11) is 0. The van der Waals surface area contributed by atoms with Gasteiger partial charge in [-0.15, -0.1) is 0 Å². The third-order valence-corrected chi connectivity index (χ3v) is 3.38. The van der Waals surface area contributed by atoms with Gasteiger partial charge in [0.25, 0.3) is 0 Å². The van der Waals surface area contributed by atoms with Crippen LogP contribution >= 0.6 is 0 Å². The fraction of sp³-hybridized carbons (Fsp3) is 1.00. The first-order chi connectivity index (χ1) is 7.14. The van der Waals surface area contributed by atoms with Crippen molar-refractivity contribution in [2.24, 2.45) is 5.41 Å². The van der Waals surface area contributed by atoms with Gasteiger partial charge in [0.2, 0.25) is 0 Å². The van der Waals surface area contributed by atoms with Crippen molar-refractivity contribution in [1.82, 2.24) is 15.5 Å². The predicted octanol–water partition coefficient (Wildman–Crippen LogP) is 0.917. The van der Waals surface area contributed by atoms with Crippen molar-refractivity contribution < 1.29 is 0 Å². The van der Waals surface area contributed by atoms with E-state index in [0.717, 1.165) is 26.2 Å². The van der Waals surface area contributed by atoms with Gasteiger partial charge >= 0.3 is 0 Å². The van der Waals surface area contributed by atoms with E-state index in [4.69, 9.17) is 0 Å². The second kappa shape index (κ2) is 6.46.